The van der Waals surface area contributed by atoms with Crippen LogP contribution in [0.4, 0.5) is 0 Å². The number of carbonyl (C=O) groups is 1. The van der Waals surface area contributed by atoms with Gasteiger partial charge in [-0.15, -0.1) is 0 Å². The fourth-order valence-electron chi connectivity index (χ4n) is 2.45. The van der Waals surface area contributed by atoms with Crippen LogP contribution in [0.15, 0.2) is 24.4 Å². The molecular formula is C15H23N3O. The molecule has 0 spiro atoms. The van der Waals surface area contributed by atoms with E-state index in [4.69, 9.17) is 0 Å². The van der Waals surface area contributed by atoms with Crippen molar-refractivity contribution < 1.29 is 4.79 Å². The SMILES string of the molecule is CC(C)(C)N1CCC(NC(=O)c2ccccn2)CC1. The largest absolute Gasteiger partial charge is 0.348 e. The second kappa shape index (κ2) is 5.70. The molecular weight excluding hydrogens is 238 g/mol. The molecule has 1 aliphatic rings. The molecule has 0 radical (unpaired) electrons. The molecule has 0 atom stereocenters. The van der Waals surface area contributed by atoms with Crippen LogP contribution in [0.5, 0.6) is 0 Å². The average Bonchev–Trinajstić information content (AvgIpc) is 2.39. The van der Waals surface area contributed by atoms with Crippen molar-refractivity contribution in [1.82, 2.24) is 15.2 Å². The number of hydrogen-bond donors (Lipinski definition) is 1. The summed E-state index contributed by atoms with van der Waals surface area (Å²) in [5.74, 6) is -0.0604. The maximum atomic E-state index is 12.0. The third kappa shape index (κ3) is 3.77. The summed E-state index contributed by atoms with van der Waals surface area (Å²) in [5, 5.41) is 3.08. The number of nitrogens with zero attached hydrogens (tertiary/aromatic N) is 2. The fourth-order valence-corrected chi connectivity index (χ4v) is 2.45. The summed E-state index contributed by atoms with van der Waals surface area (Å²) in [7, 11) is 0. The predicted molar refractivity (Wildman–Crippen MR) is 76.1 cm³/mol. The minimum atomic E-state index is -0.0604. The highest BCUT2D eigenvalue weighted by Gasteiger charge is 2.27. The van der Waals surface area contributed by atoms with Crippen molar-refractivity contribution in [2.75, 3.05) is 13.1 Å². The first-order valence-corrected chi connectivity index (χ1v) is 6.94. The zero-order valence-electron chi connectivity index (χ0n) is 12.0. The Kier molecular flexibility index (Phi) is 4.20. The van der Waals surface area contributed by atoms with E-state index in [1.54, 1.807) is 12.3 Å². The molecule has 4 nitrogen and oxygen atoms in total. The van der Waals surface area contributed by atoms with Crippen LogP contribution < -0.4 is 5.32 Å². The molecule has 1 N–H and O–H groups in total. The Bertz CT molecular complexity index is 417. The van der Waals surface area contributed by atoms with Gasteiger partial charge in [0.15, 0.2) is 0 Å². The average molecular weight is 261 g/mol. The van der Waals surface area contributed by atoms with E-state index in [9.17, 15) is 4.79 Å². The maximum absolute atomic E-state index is 12.0. The van der Waals surface area contributed by atoms with Crippen LogP contribution in [0.1, 0.15) is 44.1 Å². The first-order chi connectivity index (χ1) is 8.97. The van der Waals surface area contributed by atoms with Gasteiger partial charge in [-0.25, -0.2) is 0 Å². The van der Waals surface area contributed by atoms with Gasteiger partial charge in [0.1, 0.15) is 5.69 Å². The molecule has 2 heterocycles. The van der Waals surface area contributed by atoms with E-state index >= 15 is 0 Å². The Labute approximate surface area is 115 Å². The summed E-state index contributed by atoms with van der Waals surface area (Å²) in [4.78, 5) is 18.5. The highest BCUT2D eigenvalue weighted by atomic mass is 16.1. The molecule has 1 aromatic rings. The third-order valence-electron chi connectivity index (χ3n) is 3.68. The first kappa shape index (κ1) is 14.0. The van der Waals surface area contributed by atoms with Gasteiger partial charge in [0, 0.05) is 30.9 Å². The van der Waals surface area contributed by atoms with Crippen molar-refractivity contribution in [1.29, 1.82) is 0 Å². The fraction of sp³-hybridized carbons (Fsp3) is 0.600. The molecule has 2 rings (SSSR count). The van der Waals surface area contributed by atoms with E-state index in [-0.39, 0.29) is 17.5 Å². The number of pyridine rings is 1. The lowest BCUT2D eigenvalue weighted by Crippen LogP contribution is -2.50. The van der Waals surface area contributed by atoms with Crippen LogP contribution in [0.3, 0.4) is 0 Å². The molecule has 0 bridgehead atoms. The van der Waals surface area contributed by atoms with Crippen molar-refractivity contribution in [3.8, 4) is 0 Å². The molecule has 0 unspecified atom stereocenters. The summed E-state index contributed by atoms with van der Waals surface area (Å²) in [6.45, 7) is 8.78. The van der Waals surface area contributed by atoms with E-state index < -0.39 is 0 Å². The highest BCUT2D eigenvalue weighted by Crippen LogP contribution is 2.20. The van der Waals surface area contributed by atoms with Gasteiger partial charge in [0.05, 0.1) is 0 Å². The molecule has 1 aromatic heterocycles. The number of nitrogens with one attached hydrogen (secondary N) is 1. The van der Waals surface area contributed by atoms with Crippen molar-refractivity contribution in [3.63, 3.8) is 0 Å². The standard InChI is InChI=1S/C15H23N3O/c1-15(2,3)18-10-7-12(8-11-18)17-14(19)13-6-4-5-9-16-13/h4-6,9,12H,7-8,10-11H2,1-3H3,(H,17,19). The molecule has 19 heavy (non-hydrogen) atoms. The summed E-state index contributed by atoms with van der Waals surface area (Å²) < 4.78 is 0. The highest BCUT2D eigenvalue weighted by molar-refractivity contribution is 5.92. The number of likely N-dealkylation sites (tertiary alicyclic amines) is 1. The van der Waals surface area contributed by atoms with Crippen LogP contribution in [0.25, 0.3) is 0 Å². The molecule has 0 aromatic carbocycles. The van der Waals surface area contributed by atoms with E-state index in [2.05, 4.69) is 36.0 Å². The van der Waals surface area contributed by atoms with E-state index in [0.29, 0.717) is 5.69 Å². The van der Waals surface area contributed by atoms with Gasteiger partial charge in [0.2, 0.25) is 0 Å². The Morgan fingerprint density at radius 2 is 2.00 bits per heavy atom. The molecule has 1 amide bonds. The van der Waals surface area contributed by atoms with Gasteiger partial charge in [-0.3, -0.25) is 14.7 Å². The van der Waals surface area contributed by atoms with Gasteiger partial charge >= 0.3 is 0 Å². The Morgan fingerprint density at radius 1 is 1.32 bits per heavy atom. The third-order valence-corrected chi connectivity index (χ3v) is 3.68. The van der Waals surface area contributed by atoms with Crippen LogP contribution >= 0.6 is 0 Å². The van der Waals surface area contributed by atoms with Crippen molar-refractivity contribution in [3.05, 3.63) is 30.1 Å². The van der Waals surface area contributed by atoms with Crippen LogP contribution in [-0.4, -0.2) is 40.5 Å². The predicted octanol–water partition coefficient (Wildman–Crippen LogP) is 2.07. The molecule has 1 saturated heterocycles. The van der Waals surface area contributed by atoms with E-state index in [1.165, 1.54) is 0 Å². The number of rotatable bonds is 2. The zero-order chi connectivity index (χ0) is 13.9. The van der Waals surface area contributed by atoms with E-state index in [0.717, 1.165) is 25.9 Å². The summed E-state index contributed by atoms with van der Waals surface area (Å²) in [6.07, 6.45) is 3.67. The minimum Gasteiger partial charge on any atom is -0.348 e. The maximum Gasteiger partial charge on any atom is 0.270 e. The molecule has 1 fully saturated rings. The van der Waals surface area contributed by atoms with Crippen LogP contribution in [0.2, 0.25) is 0 Å². The number of carbonyl (C=O) groups excluding carboxylic acids is 1. The monoisotopic (exact) mass is 261 g/mol. The van der Waals surface area contributed by atoms with Gasteiger partial charge in [0.25, 0.3) is 5.91 Å². The van der Waals surface area contributed by atoms with Crippen LogP contribution in [-0.2, 0) is 0 Å². The van der Waals surface area contributed by atoms with Crippen molar-refractivity contribution in [2.45, 2.75) is 45.2 Å². The Hall–Kier alpha value is -1.42. The lowest BCUT2D eigenvalue weighted by molar-refractivity contribution is 0.0809. The van der Waals surface area contributed by atoms with E-state index in [1.807, 2.05) is 12.1 Å². The molecule has 0 aliphatic carbocycles. The topological polar surface area (TPSA) is 45.2 Å². The quantitative estimate of drug-likeness (QED) is 0.886. The van der Waals surface area contributed by atoms with Gasteiger partial charge in [-0.05, 0) is 45.7 Å². The summed E-state index contributed by atoms with van der Waals surface area (Å²) in [6, 6.07) is 5.68. The number of aromatic nitrogens is 1. The number of hydrogen-bond acceptors (Lipinski definition) is 3. The van der Waals surface area contributed by atoms with Gasteiger partial charge in [-0.1, -0.05) is 6.07 Å². The summed E-state index contributed by atoms with van der Waals surface area (Å²) in [5.41, 5.74) is 0.719. The molecule has 4 heteroatoms. The van der Waals surface area contributed by atoms with Gasteiger partial charge in [-0.2, -0.15) is 0 Å². The van der Waals surface area contributed by atoms with Gasteiger partial charge < -0.3 is 5.32 Å². The second-order valence-corrected chi connectivity index (χ2v) is 6.12. The molecule has 1 aliphatic heterocycles. The normalized spacial score (nSPS) is 18.3. The molecule has 0 saturated carbocycles. The summed E-state index contributed by atoms with van der Waals surface area (Å²) >= 11 is 0. The first-order valence-electron chi connectivity index (χ1n) is 6.94. The van der Waals surface area contributed by atoms with Crippen molar-refractivity contribution >= 4 is 5.91 Å². The van der Waals surface area contributed by atoms with Crippen LogP contribution in [0, 0.1) is 0 Å². The Balaban J connectivity index is 1.85. The lowest BCUT2D eigenvalue weighted by atomic mass is 9.98. The smallest absolute Gasteiger partial charge is 0.270 e. The zero-order valence-corrected chi connectivity index (χ0v) is 12.0. The molecule has 104 valence electrons. The Morgan fingerprint density at radius 3 is 2.53 bits per heavy atom. The number of amides is 1. The van der Waals surface area contributed by atoms with Crippen molar-refractivity contribution in [2.24, 2.45) is 0 Å². The number of piperidine rings is 1. The minimum absolute atomic E-state index is 0.0604. The lowest BCUT2D eigenvalue weighted by Gasteiger charge is -2.41. The second-order valence-electron chi connectivity index (χ2n) is 6.12.